The largest absolute Gasteiger partial charge is 0.490 e. The summed E-state index contributed by atoms with van der Waals surface area (Å²) in [5.41, 5.74) is 0.474. The van der Waals surface area contributed by atoms with E-state index in [0.717, 1.165) is 0 Å². The van der Waals surface area contributed by atoms with Crippen LogP contribution in [0.25, 0.3) is 0 Å². The topological polar surface area (TPSA) is 85.3 Å². The highest BCUT2D eigenvalue weighted by atomic mass is 16.5. The number of ether oxygens (including phenoxy) is 3. The van der Waals surface area contributed by atoms with Crippen LogP contribution in [0.2, 0.25) is 0 Å². The molecule has 1 aliphatic heterocycles. The zero-order valence-corrected chi connectivity index (χ0v) is 14.2. The first-order valence-corrected chi connectivity index (χ1v) is 7.95. The van der Waals surface area contributed by atoms with Crippen molar-refractivity contribution in [3.05, 3.63) is 23.8 Å². The highest BCUT2D eigenvalue weighted by molar-refractivity contribution is 5.95. The standard InChI is InChI=1S/C17H23NO6/c1-4-23-15-7-13(5-6-14(15)24-10-16(19)20)17(21)18-11(2)8-22-9-12(18)3/h5-7,11-12H,4,8-10H2,1-3H3,(H,19,20)/t11-,12-/m0/s1. The second kappa shape index (κ2) is 8.01. The summed E-state index contributed by atoms with van der Waals surface area (Å²) in [6, 6.07) is 4.76. The van der Waals surface area contributed by atoms with Crippen LogP contribution in [-0.2, 0) is 9.53 Å². The molecule has 0 saturated carbocycles. The minimum absolute atomic E-state index is 0.0141. The second-order valence-electron chi connectivity index (χ2n) is 5.72. The van der Waals surface area contributed by atoms with Crippen LogP contribution in [0.1, 0.15) is 31.1 Å². The molecule has 0 aromatic heterocycles. The quantitative estimate of drug-likeness (QED) is 0.852. The van der Waals surface area contributed by atoms with Crippen LogP contribution < -0.4 is 9.47 Å². The summed E-state index contributed by atoms with van der Waals surface area (Å²) in [4.78, 5) is 25.3. The van der Waals surface area contributed by atoms with E-state index in [9.17, 15) is 9.59 Å². The van der Waals surface area contributed by atoms with Crippen LogP contribution in [0, 0.1) is 0 Å². The molecule has 1 heterocycles. The van der Waals surface area contributed by atoms with Gasteiger partial charge in [-0.15, -0.1) is 0 Å². The molecule has 24 heavy (non-hydrogen) atoms. The van der Waals surface area contributed by atoms with Crippen LogP contribution in [0.5, 0.6) is 11.5 Å². The minimum atomic E-state index is -1.08. The highest BCUT2D eigenvalue weighted by Crippen LogP contribution is 2.30. The third kappa shape index (κ3) is 4.17. The van der Waals surface area contributed by atoms with Gasteiger partial charge in [0.25, 0.3) is 5.91 Å². The van der Waals surface area contributed by atoms with Gasteiger partial charge in [-0.1, -0.05) is 0 Å². The number of carboxylic acid groups (broad SMARTS) is 1. The Kier molecular flexibility index (Phi) is 6.03. The van der Waals surface area contributed by atoms with E-state index in [-0.39, 0.29) is 18.0 Å². The number of carbonyl (C=O) groups excluding carboxylic acids is 1. The number of hydrogen-bond donors (Lipinski definition) is 1. The maximum Gasteiger partial charge on any atom is 0.341 e. The second-order valence-corrected chi connectivity index (χ2v) is 5.72. The predicted molar refractivity (Wildman–Crippen MR) is 86.7 cm³/mol. The van der Waals surface area contributed by atoms with Crippen molar-refractivity contribution in [3.8, 4) is 11.5 Å². The fourth-order valence-electron chi connectivity index (χ4n) is 2.72. The first-order valence-electron chi connectivity index (χ1n) is 7.95. The summed E-state index contributed by atoms with van der Waals surface area (Å²) >= 11 is 0. The van der Waals surface area contributed by atoms with Gasteiger partial charge in [-0.25, -0.2) is 4.79 Å². The number of morpholine rings is 1. The maximum absolute atomic E-state index is 12.8. The molecule has 0 radical (unpaired) electrons. The van der Waals surface area contributed by atoms with Gasteiger partial charge in [0.1, 0.15) is 0 Å². The van der Waals surface area contributed by atoms with Crippen molar-refractivity contribution < 1.29 is 28.9 Å². The molecule has 1 aromatic carbocycles. The smallest absolute Gasteiger partial charge is 0.341 e. The average Bonchev–Trinajstić information content (AvgIpc) is 2.53. The van der Waals surface area contributed by atoms with Crippen LogP contribution in [0.4, 0.5) is 0 Å². The van der Waals surface area contributed by atoms with Crippen molar-refractivity contribution >= 4 is 11.9 Å². The van der Waals surface area contributed by atoms with Gasteiger partial charge in [-0.05, 0) is 39.0 Å². The molecular weight excluding hydrogens is 314 g/mol. The van der Waals surface area contributed by atoms with Crippen molar-refractivity contribution in [2.24, 2.45) is 0 Å². The van der Waals surface area contributed by atoms with Crippen molar-refractivity contribution in [3.63, 3.8) is 0 Å². The van der Waals surface area contributed by atoms with Crippen LogP contribution in [-0.4, -0.2) is 60.4 Å². The Labute approximate surface area is 141 Å². The molecule has 1 N–H and O–H groups in total. The number of benzene rings is 1. The molecule has 1 amide bonds. The lowest BCUT2D eigenvalue weighted by Crippen LogP contribution is -2.52. The number of amides is 1. The van der Waals surface area contributed by atoms with Gasteiger partial charge in [0.05, 0.1) is 31.9 Å². The van der Waals surface area contributed by atoms with Gasteiger partial charge in [0.15, 0.2) is 18.1 Å². The van der Waals surface area contributed by atoms with Crippen molar-refractivity contribution in [1.82, 2.24) is 4.90 Å². The summed E-state index contributed by atoms with van der Waals surface area (Å²) in [5, 5.41) is 8.73. The predicted octanol–water partition coefficient (Wildman–Crippen LogP) is 1.80. The highest BCUT2D eigenvalue weighted by Gasteiger charge is 2.30. The number of carbonyl (C=O) groups is 2. The Bertz CT molecular complexity index is 593. The number of rotatable bonds is 6. The lowest BCUT2D eigenvalue weighted by atomic mass is 10.1. The molecule has 7 nitrogen and oxygen atoms in total. The van der Waals surface area contributed by atoms with Gasteiger partial charge < -0.3 is 24.2 Å². The number of aliphatic carboxylic acids is 1. The molecule has 1 aromatic rings. The molecule has 7 heteroatoms. The Balaban J connectivity index is 2.24. The first kappa shape index (κ1) is 18.1. The van der Waals surface area contributed by atoms with E-state index in [1.807, 2.05) is 20.8 Å². The van der Waals surface area contributed by atoms with Crippen LogP contribution >= 0.6 is 0 Å². The molecule has 0 unspecified atom stereocenters. The van der Waals surface area contributed by atoms with Gasteiger partial charge in [-0.3, -0.25) is 4.79 Å². The van der Waals surface area contributed by atoms with E-state index in [4.69, 9.17) is 19.3 Å². The Morgan fingerprint density at radius 3 is 2.46 bits per heavy atom. The molecule has 1 aliphatic rings. The van der Waals surface area contributed by atoms with Crippen LogP contribution in [0.15, 0.2) is 18.2 Å². The molecule has 0 spiro atoms. The van der Waals surface area contributed by atoms with E-state index < -0.39 is 12.6 Å². The van der Waals surface area contributed by atoms with E-state index in [1.54, 1.807) is 23.1 Å². The fourth-order valence-corrected chi connectivity index (χ4v) is 2.72. The molecule has 1 fully saturated rings. The molecule has 2 rings (SSSR count). The molecule has 2 atom stereocenters. The van der Waals surface area contributed by atoms with Gasteiger partial charge in [0.2, 0.25) is 0 Å². The number of nitrogens with zero attached hydrogens (tertiary/aromatic N) is 1. The Morgan fingerprint density at radius 1 is 1.21 bits per heavy atom. The monoisotopic (exact) mass is 337 g/mol. The number of carboxylic acids is 1. The molecule has 1 saturated heterocycles. The fraction of sp³-hybridized carbons (Fsp3) is 0.529. The van der Waals surface area contributed by atoms with Gasteiger partial charge in [0, 0.05) is 5.56 Å². The normalized spacial score (nSPS) is 20.5. The summed E-state index contributed by atoms with van der Waals surface area (Å²) < 4.78 is 16.1. The zero-order chi connectivity index (χ0) is 17.7. The molecular formula is C17H23NO6. The van der Waals surface area contributed by atoms with E-state index in [2.05, 4.69) is 0 Å². The zero-order valence-electron chi connectivity index (χ0n) is 14.2. The average molecular weight is 337 g/mol. The van der Waals surface area contributed by atoms with Crippen molar-refractivity contribution in [2.45, 2.75) is 32.9 Å². The van der Waals surface area contributed by atoms with E-state index >= 15 is 0 Å². The lowest BCUT2D eigenvalue weighted by molar-refractivity contribution is -0.139. The van der Waals surface area contributed by atoms with Gasteiger partial charge in [-0.2, -0.15) is 0 Å². The summed E-state index contributed by atoms with van der Waals surface area (Å²) in [6.45, 7) is 6.63. The molecule has 0 bridgehead atoms. The van der Waals surface area contributed by atoms with Gasteiger partial charge >= 0.3 is 5.97 Å². The Hall–Kier alpha value is -2.28. The minimum Gasteiger partial charge on any atom is -0.490 e. The summed E-state index contributed by atoms with van der Waals surface area (Å²) in [6.07, 6.45) is 0. The SMILES string of the molecule is CCOc1cc(C(=O)N2[C@@H](C)COC[C@@H]2C)ccc1OCC(=O)O. The maximum atomic E-state index is 12.8. The lowest BCUT2D eigenvalue weighted by Gasteiger charge is -2.38. The van der Waals surface area contributed by atoms with Crippen molar-refractivity contribution in [2.75, 3.05) is 26.4 Å². The Morgan fingerprint density at radius 2 is 1.88 bits per heavy atom. The third-order valence-corrected chi connectivity index (χ3v) is 3.74. The van der Waals surface area contributed by atoms with Crippen LogP contribution in [0.3, 0.4) is 0 Å². The van der Waals surface area contributed by atoms with Crippen molar-refractivity contribution in [1.29, 1.82) is 0 Å². The molecule has 132 valence electrons. The number of hydrogen-bond acceptors (Lipinski definition) is 5. The summed E-state index contributed by atoms with van der Waals surface area (Å²) in [7, 11) is 0. The first-order chi connectivity index (χ1) is 11.4. The van der Waals surface area contributed by atoms with E-state index in [0.29, 0.717) is 36.9 Å². The van der Waals surface area contributed by atoms with E-state index in [1.165, 1.54) is 0 Å². The summed E-state index contributed by atoms with van der Waals surface area (Å²) in [5.74, 6) is -0.519. The molecule has 0 aliphatic carbocycles. The third-order valence-electron chi connectivity index (χ3n) is 3.74.